The molecule has 0 aliphatic heterocycles. The average Bonchev–Trinajstić information content (AvgIpc) is 2.90. The molecule has 21 heavy (non-hydrogen) atoms. The molecular formula is C16H15N3OS. The fourth-order valence-electron chi connectivity index (χ4n) is 2.26. The Hall–Kier alpha value is -2.11. The molecule has 0 atom stereocenters. The molecule has 1 aromatic heterocycles. The minimum Gasteiger partial charge on any atom is -0.392 e. The van der Waals surface area contributed by atoms with Gasteiger partial charge in [-0.1, -0.05) is 42.0 Å². The third kappa shape index (κ3) is 2.57. The van der Waals surface area contributed by atoms with Gasteiger partial charge in [-0.25, -0.2) is 0 Å². The molecule has 0 bridgehead atoms. The van der Waals surface area contributed by atoms with Gasteiger partial charge in [-0.3, -0.25) is 4.57 Å². The van der Waals surface area contributed by atoms with Gasteiger partial charge in [-0.15, -0.1) is 22.8 Å². The van der Waals surface area contributed by atoms with Gasteiger partial charge >= 0.3 is 0 Å². The van der Waals surface area contributed by atoms with Crippen molar-refractivity contribution in [1.29, 1.82) is 0 Å². The van der Waals surface area contributed by atoms with Crippen LogP contribution >= 0.6 is 12.6 Å². The molecule has 2 aromatic carbocycles. The molecule has 0 aliphatic carbocycles. The number of benzene rings is 2. The molecule has 0 saturated carbocycles. The molecule has 106 valence electrons. The molecule has 0 fully saturated rings. The monoisotopic (exact) mass is 297 g/mol. The molecule has 4 nitrogen and oxygen atoms in total. The van der Waals surface area contributed by atoms with Crippen molar-refractivity contribution in [1.82, 2.24) is 14.8 Å². The maximum absolute atomic E-state index is 9.51. The SMILES string of the molecule is Cc1ccc(-n2c(S)nnc2-c2ccccc2CO)cc1. The molecule has 0 radical (unpaired) electrons. The minimum absolute atomic E-state index is 0.0428. The van der Waals surface area contributed by atoms with Crippen molar-refractivity contribution >= 4 is 12.6 Å². The van der Waals surface area contributed by atoms with Crippen LogP contribution in [0, 0.1) is 6.92 Å². The van der Waals surface area contributed by atoms with E-state index < -0.39 is 0 Å². The van der Waals surface area contributed by atoms with E-state index in [-0.39, 0.29) is 6.61 Å². The Balaban J connectivity index is 2.19. The van der Waals surface area contributed by atoms with Crippen LogP contribution < -0.4 is 0 Å². The van der Waals surface area contributed by atoms with Crippen molar-refractivity contribution < 1.29 is 5.11 Å². The zero-order valence-corrected chi connectivity index (χ0v) is 12.5. The van der Waals surface area contributed by atoms with Gasteiger partial charge in [0.1, 0.15) is 0 Å². The normalized spacial score (nSPS) is 10.8. The molecule has 5 heteroatoms. The van der Waals surface area contributed by atoms with Gasteiger partial charge in [-0.2, -0.15) is 0 Å². The summed E-state index contributed by atoms with van der Waals surface area (Å²) in [7, 11) is 0. The summed E-state index contributed by atoms with van der Waals surface area (Å²) in [6, 6.07) is 15.7. The standard InChI is InChI=1S/C16H15N3OS/c1-11-6-8-13(9-7-11)19-15(17-18-16(19)21)14-5-3-2-4-12(14)10-20/h2-9,20H,10H2,1H3,(H,18,21). The lowest BCUT2D eigenvalue weighted by Gasteiger charge is -2.11. The smallest absolute Gasteiger partial charge is 0.193 e. The quantitative estimate of drug-likeness (QED) is 0.731. The number of aliphatic hydroxyl groups is 1. The predicted molar refractivity (Wildman–Crippen MR) is 84.7 cm³/mol. The van der Waals surface area contributed by atoms with Crippen molar-refractivity contribution in [2.45, 2.75) is 18.7 Å². The largest absolute Gasteiger partial charge is 0.392 e. The highest BCUT2D eigenvalue weighted by molar-refractivity contribution is 7.80. The Labute approximate surface area is 128 Å². The third-order valence-electron chi connectivity index (χ3n) is 3.37. The number of aryl methyl sites for hydroxylation is 1. The topological polar surface area (TPSA) is 50.9 Å². The van der Waals surface area contributed by atoms with Gasteiger partial charge in [0.25, 0.3) is 0 Å². The number of thiol groups is 1. The van der Waals surface area contributed by atoms with Gasteiger partial charge in [0.05, 0.1) is 6.61 Å². The summed E-state index contributed by atoms with van der Waals surface area (Å²) in [4.78, 5) is 0. The summed E-state index contributed by atoms with van der Waals surface area (Å²) in [6.45, 7) is 2.00. The predicted octanol–water partition coefficient (Wildman–Crippen LogP) is 3.02. The Morgan fingerprint density at radius 3 is 2.48 bits per heavy atom. The van der Waals surface area contributed by atoms with Crippen molar-refractivity contribution in [2.24, 2.45) is 0 Å². The van der Waals surface area contributed by atoms with Gasteiger partial charge in [0.15, 0.2) is 11.0 Å². The molecule has 1 N–H and O–H groups in total. The second kappa shape index (κ2) is 5.71. The number of hydrogen-bond acceptors (Lipinski definition) is 4. The van der Waals surface area contributed by atoms with E-state index in [4.69, 9.17) is 0 Å². The first-order valence-corrected chi connectivity index (χ1v) is 7.06. The van der Waals surface area contributed by atoms with Crippen LogP contribution in [0.25, 0.3) is 17.1 Å². The second-order valence-corrected chi connectivity index (χ2v) is 5.21. The molecule has 0 spiro atoms. The molecule has 3 rings (SSSR count). The van der Waals surface area contributed by atoms with Crippen LogP contribution in [0.2, 0.25) is 0 Å². The van der Waals surface area contributed by atoms with E-state index in [1.807, 2.05) is 60.0 Å². The van der Waals surface area contributed by atoms with E-state index in [0.717, 1.165) is 16.8 Å². The van der Waals surface area contributed by atoms with E-state index in [1.165, 1.54) is 5.56 Å². The van der Waals surface area contributed by atoms with Gasteiger partial charge in [0.2, 0.25) is 0 Å². The Bertz CT molecular complexity index is 765. The average molecular weight is 297 g/mol. The minimum atomic E-state index is -0.0428. The molecule has 0 aliphatic rings. The Morgan fingerprint density at radius 1 is 1.05 bits per heavy atom. The Kier molecular flexibility index (Phi) is 3.77. The number of hydrogen-bond donors (Lipinski definition) is 2. The molecular weight excluding hydrogens is 282 g/mol. The van der Waals surface area contributed by atoms with Crippen LogP contribution in [0.3, 0.4) is 0 Å². The molecule has 0 saturated heterocycles. The fourth-order valence-corrected chi connectivity index (χ4v) is 2.51. The number of aliphatic hydroxyl groups excluding tert-OH is 1. The van der Waals surface area contributed by atoms with Crippen LogP contribution in [-0.4, -0.2) is 19.9 Å². The Morgan fingerprint density at radius 2 is 1.76 bits per heavy atom. The van der Waals surface area contributed by atoms with Crippen LogP contribution in [0.15, 0.2) is 53.7 Å². The van der Waals surface area contributed by atoms with Gasteiger partial charge in [0, 0.05) is 11.3 Å². The second-order valence-electron chi connectivity index (χ2n) is 4.81. The fraction of sp³-hybridized carbons (Fsp3) is 0.125. The first kappa shape index (κ1) is 13.9. The maximum Gasteiger partial charge on any atom is 0.193 e. The summed E-state index contributed by atoms with van der Waals surface area (Å²) in [5.74, 6) is 0.675. The summed E-state index contributed by atoms with van der Waals surface area (Å²) in [6.07, 6.45) is 0. The first-order chi connectivity index (χ1) is 10.2. The van der Waals surface area contributed by atoms with Crippen molar-refractivity contribution in [3.8, 4) is 17.1 Å². The first-order valence-electron chi connectivity index (χ1n) is 6.61. The summed E-state index contributed by atoms with van der Waals surface area (Å²) < 4.78 is 1.87. The summed E-state index contributed by atoms with van der Waals surface area (Å²) >= 11 is 4.40. The van der Waals surface area contributed by atoms with E-state index in [2.05, 4.69) is 22.8 Å². The van der Waals surface area contributed by atoms with E-state index in [0.29, 0.717) is 11.0 Å². The van der Waals surface area contributed by atoms with E-state index in [9.17, 15) is 5.11 Å². The van der Waals surface area contributed by atoms with E-state index in [1.54, 1.807) is 0 Å². The van der Waals surface area contributed by atoms with Crippen molar-refractivity contribution in [3.05, 3.63) is 59.7 Å². The lowest BCUT2D eigenvalue weighted by atomic mass is 10.1. The van der Waals surface area contributed by atoms with Crippen molar-refractivity contribution in [3.63, 3.8) is 0 Å². The maximum atomic E-state index is 9.51. The lowest BCUT2D eigenvalue weighted by molar-refractivity contribution is 0.282. The van der Waals surface area contributed by atoms with Gasteiger partial charge in [-0.05, 0) is 24.6 Å². The van der Waals surface area contributed by atoms with E-state index >= 15 is 0 Å². The number of rotatable bonds is 3. The highest BCUT2D eigenvalue weighted by Crippen LogP contribution is 2.27. The molecule has 0 amide bonds. The third-order valence-corrected chi connectivity index (χ3v) is 3.66. The van der Waals surface area contributed by atoms with Gasteiger partial charge < -0.3 is 5.11 Å². The summed E-state index contributed by atoms with van der Waals surface area (Å²) in [5, 5.41) is 18.3. The van der Waals surface area contributed by atoms with Crippen LogP contribution in [0.4, 0.5) is 0 Å². The highest BCUT2D eigenvalue weighted by Gasteiger charge is 2.15. The number of nitrogens with zero attached hydrogens (tertiary/aromatic N) is 3. The van der Waals surface area contributed by atoms with Crippen LogP contribution in [0.1, 0.15) is 11.1 Å². The van der Waals surface area contributed by atoms with Crippen LogP contribution in [0.5, 0.6) is 0 Å². The lowest BCUT2D eigenvalue weighted by Crippen LogP contribution is -2.00. The summed E-state index contributed by atoms with van der Waals surface area (Å²) in [5.41, 5.74) is 3.79. The van der Waals surface area contributed by atoms with Crippen molar-refractivity contribution in [2.75, 3.05) is 0 Å². The van der Waals surface area contributed by atoms with Crippen LogP contribution in [-0.2, 0) is 6.61 Å². The highest BCUT2D eigenvalue weighted by atomic mass is 32.1. The molecule has 0 unspecified atom stereocenters. The molecule has 1 heterocycles. The number of aromatic nitrogens is 3. The zero-order chi connectivity index (χ0) is 14.8. The zero-order valence-electron chi connectivity index (χ0n) is 11.6. The molecule has 3 aromatic rings.